The Morgan fingerprint density at radius 2 is 1.72 bits per heavy atom. The number of hydrogen-bond donors (Lipinski definition) is 1. The normalized spacial score (nSPS) is 17.9. The van der Waals surface area contributed by atoms with Gasteiger partial charge in [-0.15, -0.1) is 11.3 Å². The Kier molecular flexibility index (Phi) is 6.69. The fourth-order valence-corrected chi connectivity index (χ4v) is 5.88. The molecule has 1 atom stereocenters. The van der Waals surface area contributed by atoms with E-state index in [0.717, 1.165) is 38.7 Å². The predicted octanol–water partition coefficient (Wildman–Crippen LogP) is 1.96. The van der Waals surface area contributed by atoms with E-state index in [1.807, 2.05) is 11.4 Å². The van der Waals surface area contributed by atoms with Crippen molar-refractivity contribution in [3.63, 3.8) is 0 Å². The highest BCUT2D eigenvalue weighted by molar-refractivity contribution is 7.91. The average Bonchev–Trinajstić information content (AvgIpc) is 3.16. The van der Waals surface area contributed by atoms with Crippen molar-refractivity contribution >= 4 is 36.7 Å². The second-order valence-electron chi connectivity index (χ2n) is 7.45. The molecule has 29 heavy (non-hydrogen) atoms. The van der Waals surface area contributed by atoms with E-state index in [1.54, 1.807) is 17.4 Å². The fourth-order valence-electron chi connectivity index (χ4n) is 3.42. The Morgan fingerprint density at radius 3 is 2.28 bits per heavy atom. The third kappa shape index (κ3) is 5.58. The molecule has 2 heterocycles. The Balaban J connectivity index is 1.87. The number of rotatable bonds is 7. The van der Waals surface area contributed by atoms with Crippen LogP contribution in [-0.4, -0.2) is 78.9 Å². The molecule has 1 aliphatic heterocycles. The lowest BCUT2D eigenvalue weighted by molar-refractivity contribution is 0.118. The van der Waals surface area contributed by atoms with Gasteiger partial charge in [-0.3, -0.25) is 4.90 Å². The lowest BCUT2D eigenvalue weighted by Crippen LogP contribution is -2.47. The van der Waals surface area contributed by atoms with Crippen molar-refractivity contribution < 1.29 is 16.8 Å². The Hall–Kier alpha value is -1.46. The first-order valence-corrected chi connectivity index (χ1v) is 14.0. The lowest BCUT2D eigenvalue weighted by Gasteiger charge is -2.38. The first kappa shape index (κ1) is 22.2. The number of sulfone groups is 2. The summed E-state index contributed by atoms with van der Waals surface area (Å²) in [6, 6.07) is 8.46. The summed E-state index contributed by atoms with van der Waals surface area (Å²) in [5.74, 6) is 0. The molecule has 0 amide bonds. The van der Waals surface area contributed by atoms with Crippen molar-refractivity contribution in [1.82, 2.24) is 9.80 Å². The molecule has 0 aliphatic carbocycles. The van der Waals surface area contributed by atoms with Gasteiger partial charge in [0.1, 0.15) is 0 Å². The van der Waals surface area contributed by atoms with Crippen LogP contribution in [0.5, 0.6) is 0 Å². The van der Waals surface area contributed by atoms with Gasteiger partial charge in [-0.25, -0.2) is 16.8 Å². The van der Waals surface area contributed by atoms with Crippen LogP contribution < -0.4 is 5.32 Å². The minimum Gasteiger partial charge on any atom is -0.382 e. The van der Waals surface area contributed by atoms with E-state index >= 15 is 0 Å². The van der Waals surface area contributed by atoms with Crippen LogP contribution in [0.4, 0.5) is 5.69 Å². The van der Waals surface area contributed by atoms with E-state index in [1.165, 1.54) is 17.0 Å². The second kappa shape index (κ2) is 8.73. The van der Waals surface area contributed by atoms with Gasteiger partial charge in [0.2, 0.25) is 0 Å². The van der Waals surface area contributed by atoms with E-state index in [-0.39, 0.29) is 15.8 Å². The van der Waals surface area contributed by atoms with Crippen LogP contribution >= 0.6 is 11.3 Å². The molecule has 2 aromatic rings. The minimum absolute atomic E-state index is 0.00245. The van der Waals surface area contributed by atoms with Gasteiger partial charge in [0.05, 0.1) is 21.5 Å². The standard InChI is InChI=1S/C19H27N3O4S3/c1-21-8-10-22(11-9-21)17(18-5-4-12-27-18)14-20-16-7-6-15(28(2,23)24)13-19(16)29(3,25)26/h4-7,12-13,17,20H,8-11,14H2,1-3H3. The van der Waals surface area contributed by atoms with Crippen molar-refractivity contribution in [1.29, 1.82) is 0 Å². The zero-order chi connectivity index (χ0) is 21.2. The van der Waals surface area contributed by atoms with Gasteiger partial charge in [0, 0.05) is 50.1 Å². The molecule has 1 aromatic carbocycles. The van der Waals surface area contributed by atoms with E-state index in [9.17, 15) is 16.8 Å². The summed E-state index contributed by atoms with van der Waals surface area (Å²) in [4.78, 5) is 5.92. The summed E-state index contributed by atoms with van der Waals surface area (Å²) in [5, 5.41) is 5.32. The quantitative estimate of drug-likeness (QED) is 0.680. The average molecular weight is 458 g/mol. The molecule has 0 saturated carbocycles. The number of thiophene rings is 1. The van der Waals surface area contributed by atoms with Crippen LogP contribution in [-0.2, 0) is 19.7 Å². The van der Waals surface area contributed by atoms with Crippen LogP contribution in [0, 0.1) is 0 Å². The number of likely N-dealkylation sites (N-methyl/N-ethyl adjacent to an activating group) is 1. The smallest absolute Gasteiger partial charge is 0.177 e. The van der Waals surface area contributed by atoms with Gasteiger partial charge >= 0.3 is 0 Å². The molecule has 3 rings (SSSR count). The minimum atomic E-state index is -3.59. The number of piperazine rings is 1. The summed E-state index contributed by atoms with van der Waals surface area (Å²) in [7, 11) is -4.98. The van der Waals surface area contributed by atoms with Crippen LogP contribution in [0.1, 0.15) is 10.9 Å². The second-order valence-corrected chi connectivity index (χ2v) is 12.4. The largest absolute Gasteiger partial charge is 0.382 e. The van der Waals surface area contributed by atoms with Gasteiger partial charge < -0.3 is 10.2 Å². The van der Waals surface area contributed by atoms with Crippen molar-refractivity contribution in [2.75, 3.05) is 57.6 Å². The molecular weight excluding hydrogens is 430 g/mol. The third-order valence-electron chi connectivity index (χ3n) is 5.12. The molecule has 7 nitrogen and oxygen atoms in total. The lowest BCUT2D eigenvalue weighted by atomic mass is 10.1. The highest BCUT2D eigenvalue weighted by Crippen LogP contribution is 2.29. The number of hydrogen-bond acceptors (Lipinski definition) is 8. The SMILES string of the molecule is CN1CCN(C(CNc2ccc(S(C)(=O)=O)cc2S(C)(=O)=O)c2cccs2)CC1. The maximum absolute atomic E-state index is 12.3. The highest BCUT2D eigenvalue weighted by Gasteiger charge is 2.25. The molecule has 0 spiro atoms. The van der Waals surface area contributed by atoms with Gasteiger partial charge in [-0.1, -0.05) is 6.07 Å². The first-order chi connectivity index (χ1) is 13.6. The maximum atomic E-state index is 12.3. The number of nitrogens with zero attached hydrogens (tertiary/aromatic N) is 2. The summed E-state index contributed by atoms with van der Waals surface area (Å²) < 4.78 is 48.3. The molecule has 1 unspecified atom stereocenters. The van der Waals surface area contributed by atoms with E-state index < -0.39 is 19.7 Å². The Bertz CT molecular complexity index is 1040. The van der Waals surface area contributed by atoms with Gasteiger partial charge in [0.25, 0.3) is 0 Å². The Labute approximate surface area is 177 Å². The van der Waals surface area contributed by atoms with Crippen molar-refractivity contribution in [3.05, 3.63) is 40.6 Å². The Morgan fingerprint density at radius 1 is 1.03 bits per heavy atom. The topological polar surface area (TPSA) is 86.8 Å². The predicted molar refractivity (Wildman–Crippen MR) is 117 cm³/mol. The number of anilines is 1. The molecule has 1 N–H and O–H groups in total. The van der Waals surface area contributed by atoms with E-state index in [0.29, 0.717) is 12.2 Å². The molecular formula is C19H27N3O4S3. The molecule has 1 fully saturated rings. The van der Waals surface area contributed by atoms with Gasteiger partial charge in [-0.2, -0.15) is 0 Å². The van der Waals surface area contributed by atoms with E-state index in [2.05, 4.69) is 28.2 Å². The van der Waals surface area contributed by atoms with Crippen molar-refractivity contribution in [2.45, 2.75) is 15.8 Å². The van der Waals surface area contributed by atoms with E-state index in [4.69, 9.17) is 0 Å². The zero-order valence-electron chi connectivity index (χ0n) is 16.8. The van der Waals surface area contributed by atoms with Gasteiger partial charge in [-0.05, 0) is 36.7 Å². The highest BCUT2D eigenvalue weighted by atomic mass is 32.2. The summed E-state index contributed by atoms with van der Waals surface area (Å²) in [6.07, 6.45) is 2.17. The number of benzene rings is 1. The maximum Gasteiger partial charge on any atom is 0.177 e. The van der Waals surface area contributed by atoms with Crippen molar-refractivity contribution in [2.24, 2.45) is 0 Å². The third-order valence-corrected chi connectivity index (χ3v) is 8.34. The molecule has 10 heteroatoms. The fraction of sp³-hybridized carbons (Fsp3) is 0.474. The molecule has 1 saturated heterocycles. The molecule has 0 bridgehead atoms. The molecule has 160 valence electrons. The van der Waals surface area contributed by atoms with Crippen molar-refractivity contribution in [3.8, 4) is 0 Å². The monoisotopic (exact) mass is 457 g/mol. The molecule has 1 aliphatic rings. The summed E-state index contributed by atoms with van der Waals surface area (Å²) in [6.45, 7) is 4.38. The van der Waals surface area contributed by atoms with Crippen LogP contribution in [0.3, 0.4) is 0 Å². The van der Waals surface area contributed by atoms with Gasteiger partial charge in [0.15, 0.2) is 19.7 Å². The summed E-state index contributed by atoms with van der Waals surface area (Å²) >= 11 is 1.68. The number of nitrogens with one attached hydrogen (secondary N) is 1. The van der Waals surface area contributed by atoms with Crippen LogP contribution in [0.2, 0.25) is 0 Å². The van der Waals surface area contributed by atoms with Crippen LogP contribution in [0.25, 0.3) is 0 Å². The van der Waals surface area contributed by atoms with Crippen LogP contribution in [0.15, 0.2) is 45.5 Å². The summed E-state index contributed by atoms with van der Waals surface area (Å²) in [5.41, 5.74) is 0.426. The molecule has 1 aromatic heterocycles. The molecule has 0 radical (unpaired) electrons. The zero-order valence-corrected chi connectivity index (χ0v) is 19.3. The first-order valence-electron chi connectivity index (χ1n) is 9.30.